The lowest BCUT2D eigenvalue weighted by Gasteiger charge is -2.39. The number of hydrogen-bond acceptors (Lipinski definition) is 4. The highest BCUT2D eigenvalue weighted by Gasteiger charge is 2.26. The minimum Gasteiger partial charge on any atom is -0.367 e. The second-order valence-corrected chi connectivity index (χ2v) is 5.60. The van der Waals surface area contributed by atoms with E-state index in [4.69, 9.17) is 0 Å². The number of hydrogen-bond donors (Lipinski definition) is 2. The average Bonchev–Trinajstić information content (AvgIpc) is 2.92. The summed E-state index contributed by atoms with van der Waals surface area (Å²) in [5, 5.41) is 3.49. The van der Waals surface area contributed by atoms with E-state index in [2.05, 4.69) is 39.0 Å². The lowest BCUT2D eigenvalue weighted by Crippen LogP contribution is -2.57. The van der Waals surface area contributed by atoms with Gasteiger partial charge in [-0.15, -0.1) is 0 Å². The van der Waals surface area contributed by atoms with Gasteiger partial charge in [-0.2, -0.15) is 0 Å². The largest absolute Gasteiger partial charge is 0.367 e. The van der Waals surface area contributed by atoms with E-state index in [1.54, 1.807) is 0 Å². The van der Waals surface area contributed by atoms with Crippen molar-refractivity contribution < 1.29 is 0 Å². The van der Waals surface area contributed by atoms with Crippen LogP contribution in [0.2, 0.25) is 0 Å². The third-order valence-corrected chi connectivity index (χ3v) is 3.42. The van der Waals surface area contributed by atoms with Crippen molar-refractivity contribution in [2.24, 2.45) is 0 Å². The van der Waals surface area contributed by atoms with Crippen LogP contribution in [0, 0.1) is 0 Å². The molecule has 2 aromatic rings. The Kier molecular flexibility index (Phi) is 2.98. The first-order chi connectivity index (χ1) is 9.14. The quantitative estimate of drug-likeness (QED) is 0.859. The van der Waals surface area contributed by atoms with Gasteiger partial charge in [0.05, 0.1) is 0 Å². The summed E-state index contributed by atoms with van der Waals surface area (Å²) >= 11 is 0. The molecule has 0 spiro atoms. The van der Waals surface area contributed by atoms with Crippen LogP contribution in [0.25, 0.3) is 11.1 Å². The molecule has 5 nitrogen and oxygen atoms in total. The summed E-state index contributed by atoms with van der Waals surface area (Å²) in [4.78, 5) is 14.3. The first-order valence-corrected chi connectivity index (χ1v) is 6.59. The summed E-state index contributed by atoms with van der Waals surface area (Å²) in [5.74, 6) is 0.814. The van der Waals surface area contributed by atoms with Gasteiger partial charge < -0.3 is 15.2 Å². The number of aromatic nitrogens is 3. The fourth-order valence-electron chi connectivity index (χ4n) is 2.45. The van der Waals surface area contributed by atoms with Crippen molar-refractivity contribution in [3.63, 3.8) is 0 Å². The Hall–Kier alpha value is -1.88. The second kappa shape index (κ2) is 4.66. The minimum atomic E-state index is 0.112. The zero-order valence-corrected chi connectivity index (χ0v) is 11.3. The summed E-state index contributed by atoms with van der Waals surface area (Å²) in [6, 6.07) is 2.02. The smallest absolute Gasteiger partial charge is 0.225 e. The summed E-state index contributed by atoms with van der Waals surface area (Å²) in [7, 11) is 0. The number of H-pyrrole nitrogens is 1. The zero-order valence-electron chi connectivity index (χ0n) is 11.3. The van der Waals surface area contributed by atoms with E-state index in [-0.39, 0.29) is 5.54 Å². The molecule has 1 aliphatic rings. The molecule has 0 saturated carbocycles. The Balaban J connectivity index is 1.79. The molecule has 0 amide bonds. The Morgan fingerprint density at radius 2 is 2.00 bits per heavy atom. The van der Waals surface area contributed by atoms with Crippen molar-refractivity contribution in [3.05, 3.63) is 30.9 Å². The molecule has 1 aliphatic heterocycles. The van der Waals surface area contributed by atoms with Crippen molar-refractivity contribution in [2.45, 2.75) is 19.4 Å². The number of aromatic amines is 1. The molecule has 0 aromatic carbocycles. The Morgan fingerprint density at radius 3 is 2.63 bits per heavy atom. The second-order valence-electron chi connectivity index (χ2n) is 5.60. The molecule has 19 heavy (non-hydrogen) atoms. The Bertz CT molecular complexity index is 529. The van der Waals surface area contributed by atoms with Crippen LogP contribution >= 0.6 is 0 Å². The van der Waals surface area contributed by atoms with Crippen LogP contribution in [0.1, 0.15) is 13.8 Å². The SMILES string of the molecule is CC1(C)CN(c2ncc(-c3cc[nH]c3)cn2)CCN1. The highest BCUT2D eigenvalue weighted by molar-refractivity contribution is 5.61. The molecule has 5 heteroatoms. The predicted molar refractivity (Wildman–Crippen MR) is 76.1 cm³/mol. The van der Waals surface area contributed by atoms with Crippen molar-refractivity contribution in [1.29, 1.82) is 0 Å². The van der Waals surface area contributed by atoms with E-state index in [1.807, 2.05) is 30.9 Å². The van der Waals surface area contributed by atoms with E-state index in [9.17, 15) is 0 Å². The summed E-state index contributed by atoms with van der Waals surface area (Å²) in [5.41, 5.74) is 2.27. The van der Waals surface area contributed by atoms with Crippen LogP contribution in [-0.4, -0.2) is 40.1 Å². The highest BCUT2D eigenvalue weighted by Crippen LogP contribution is 2.20. The van der Waals surface area contributed by atoms with Gasteiger partial charge in [0, 0.05) is 61.1 Å². The molecule has 1 saturated heterocycles. The van der Waals surface area contributed by atoms with Gasteiger partial charge in [0.1, 0.15) is 0 Å². The highest BCUT2D eigenvalue weighted by atomic mass is 15.3. The molecule has 2 aromatic heterocycles. The van der Waals surface area contributed by atoms with Crippen molar-refractivity contribution in [1.82, 2.24) is 20.3 Å². The number of piperazine rings is 1. The molecule has 0 radical (unpaired) electrons. The van der Waals surface area contributed by atoms with Crippen LogP contribution in [0.3, 0.4) is 0 Å². The van der Waals surface area contributed by atoms with Gasteiger partial charge in [-0.25, -0.2) is 9.97 Å². The molecule has 0 bridgehead atoms. The molecule has 3 heterocycles. The molecule has 0 aliphatic carbocycles. The summed E-state index contributed by atoms with van der Waals surface area (Å²) < 4.78 is 0. The number of nitrogens with one attached hydrogen (secondary N) is 2. The van der Waals surface area contributed by atoms with Crippen LogP contribution in [0.5, 0.6) is 0 Å². The Morgan fingerprint density at radius 1 is 1.21 bits per heavy atom. The molecule has 0 atom stereocenters. The molecular formula is C14H19N5. The van der Waals surface area contributed by atoms with Crippen LogP contribution in [-0.2, 0) is 0 Å². The van der Waals surface area contributed by atoms with Gasteiger partial charge in [0.25, 0.3) is 0 Å². The maximum atomic E-state index is 4.50. The maximum Gasteiger partial charge on any atom is 0.225 e. The summed E-state index contributed by atoms with van der Waals surface area (Å²) in [6.07, 6.45) is 7.63. The zero-order chi connectivity index (χ0) is 13.3. The molecule has 0 unspecified atom stereocenters. The first kappa shape index (κ1) is 12.2. The fraction of sp³-hybridized carbons (Fsp3) is 0.429. The topological polar surface area (TPSA) is 56.8 Å². The molecule has 1 fully saturated rings. The fourth-order valence-corrected chi connectivity index (χ4v) is 2.45. The minimum absolute atomic E-state index is 0.112. The predicted octanol–water partition coefficient (Wildman–Crippen LogP) is 1.66. The van der Waals surface area contributed by atoms with E-state index in [0.29, 0.717) is 0 Å². The van der Waals surface area contributed by atoms with Crippen molar-refractivity contribution >= 4 is 5.95 Å². The van der Waals surface area contributed by atoms with Gasteiger partial charge >= 0.3 is 0 Å². The number of nitrogens with zero attached hydrogens (tertiary/aromatic N) is 3. The van der Waals surface area contributed by atoms with Gasteiger partial charge in [0.15, 0.2) is 0 Å². The van der Waals surface area contributed by atoms with Gasteiger partial charge in [0.2, 0.25) is 5.95 Å². The van der Waals surface area contributed by atoms with Gasteiger partial charge in [-0.3, -0.25) is 0 Å². The molecule has 2 N–H and O–H groups in total. The number of anilines is 1. The molecule has 100 valence electrons. The van der Waals surface area contributed by atoms with Gasteiger partial charge in [-0.05, 0) is 19.9 Å². The van der Waals surface area contributed by atoms with Crippen molar-refractivity contribution in [2.75, 3.05) is 24.5 Å². The average molecular weight is 257 g/mol. The molecule has 3 rings (SSSR count). The lowest BCUT2D eigenvalue weighted by atomic mass is 10.0. The van der Waals surface area contributed by atoms with E-state index in [0.717, 1.165) is 36.7 Å². The summed E-state index contributed by atoms with van der Waals surface area (Å²) in [6.45, 7) is 7.25. The third-order valence-electron chi connectivity index (χ3n) is 3.42. The van der Waals surface area contributed by atoms with Crippen molar-refractivity contribution in [3.8, 4) is 11.1 Å². The molecular weight excluding hydrogens is 238 g/mol. The third kappa shape index (κ3) is 2.61. The maximum absolute atomic E-state index is 4.50. The lowest BCUT2D eigenvalue weighted by molar-refractivity contribution is 0.350. The normalized spacial score (nSPS) is 18.5. The standard InChI is InChI=1S/C14H19N5/c1-14(2)10-19(6-5-18-14)13-16-8-12(9-17-13)11-3-4-15-7-11/h3-4,7-9,15,18H,5-6,10H2,1-2H3. The van der Waals surface area contributed by atoms with E-state index in [1.165, 1.54) is 0 Å². The van der Waals surface area contributed by atoms with E-state index < -0.39 is 0 Å². The van der Waals surface area contributed by atoms with Crippen LogP contribution in [0.4, 0.5) is 5.95 Å². The van der Waals surface area contributed by atoms with Gasteiger partial charge in [-0.1, -0.05) is 0 Å². The number of rotatable bonds is 2. The monoisotopic (exact) mass is 257 g/mol. The van der Waals surface area contributed by atoms with E-state index >= 15 is 0 Å². The first-order valence-electron chi connectivity index (χ1n) is 6.59. The van der Waals surface area contributed by atoms with Crippen LogP contribution in [0.15, 0.2) is 30.9 Å². The Labute approximate surface area is 113 Å². The van der Waals surface area contributed by atoms with Crippen LogP contribution < -0.4 is 10.2 Å².